The van der Waals surface area contributed by atoms with Crippen LogP contribution >= 0.6 is 0 Å². The average Bonchev–Trinajstić information content (AvgIpc) is 3.30. The van der Waals surface area contributed by atoms with E-state index in [4.69, 9.17) is 4.74 Å². The van der Waals surface area contributed by atoms with Crippen LogP contribution in [0.15, 0.2) is 36.5 Å². The second-order valence-corrected chi connectivity index (χ2v) is 7.16. The van der Waals surface area contributed by atoms with E-state index in [1.54, 1.807) is 31.2 Å². The van der Waals surface area contributed by atoms with Gasteiger partial charge in [-0.05, 0) is 31.9 Å². The molecule has 10 heteroatoms. The molecule has 1 aliphatic rings. The maximum absolute atomic E-state index is 12.7. The number of nitrogens with one attached hydrogen (secondary N) is 2. The number of hydrogen-bond donors (Lipinski definition) is 2. The van der Waals surface area contributed by atoms with Crippen molar-refractivity contribution in [1.82, 2.24) is 20.5 Å². The molecule has 0 saturated carbocycles. The van der Waals surface area contributed by atoms with Crippen molar-refractivity contribution >= 4 is 40.4 Å². The summed E-state index contributed by atoms with van der Waals surface area (Å²) in [6, 6.07) is 7.79. The van der Waals surface area contributed by atoms with Crippen LogP contribution in [0.2, 0.25) is 0 Å². The second-order valence-electron chi connectivity index (χ2n) is 7.16. The fourth-order valence-electron chi connectivity index (χ4n) is 3.59. The third kappa shape index (κ3) is 5.26. The van der Waals surface area contributed by atoms with Crippen molar-refractivity contribution in [2.75, 3.05) is 26.2 Å². The predicted molar refractivity (Wildman–Crippen MR) is 113 cm³/mol. The first-order chi connectivity index (χ1) is 15.4. The Morgan fingerprint density at radius 2 is 1.88 bits per heavy atom. The van der Waals surface area contributed by atoms with Crippen LogP contribution in [0.25, 0.3) is 10.9 Å². The summed E-state index contributed by atoms with van der Waals surface area (Å²) in [6.07, 6.45) is 2.40. The molecule has 168 valence electrons. The summed E-state index contributed by atoms with van der Waals surface area (Å²) in [5.74, 6) is -3.31. The smallest absolute Gasteiger partial charge is 0.325 e. The highest BCUT2D eigenvalue weighted by atomic mass is 16.5. The van der Waals surface area contributed by atoms with Gasteiger partial charge in [0.2, 0.25) is 11.7 Å². The first-order valence-corrected chi connectivity index (χ1v) is 10.3. The van der Waals surface area contributed by atoms with Gasteiger partial charge >= 0.3 is 5.97 Å². The summed E-state index contributed by atoms with van der Waals surface area (Å²) >= 11 is 0. The normalized spacial score (nSPS) is 15.3. The number of hydrogen-bond acceptors (Lipinski definition) is 7. The molecule has 1 aliphatic heterocycles. The van der Waals surface area contributed by atoms with Crippen LogP contribution < -0.4 is 10.6 Å². The van der Waals surface area contributed by atoms with Gasteiger partial charge in [-0.25, -0.2) is 0 Å². The van der Waals surface area contributed by atoms with Crippen molar-refractivity contribution < 1.29 is 28.7 Å². The van der Waals surface area contributed by atoms with E-state index in [1.807, 2.05) is 6.07 Å². The molecule has 2 heterocycles. The molecule has 1 atom stereocenters. The molecule has 3 amide bonds. The van der Waals surface area contributed by atoms with Crippen LogP contribution in [-0.2, 0) is 23.9 Å². The van der Waals surface area contributed by atoms with Crippen LogP contribution in [-0.4, -0.2) is 71.6 Å². The number of amides is 3. The first-order valence-electron chi connectivity index (χ1n) is 10.3. The molecule has 0 aliphatic carbocycles. The minimum Gasteiger partial charge on any atom is -0.465 e. The highest BCUT2D eigenvalue weighted by Gasteiger charge is 2.37. The SMILES string of the molecule is CCOC(=O)CNC(=O)C(=O)[C@@H]1CCCN1C(=O)CNC(=O)c1ccnc2ccccc12. The number of benzene rings is 1. The van der Waals surface area contributed by atoms with Gasteiger partial charge in [-0.3, -0.25) is 29.0 Å². The van der Waals surface area contributed by atoms with Crippen molar-refractivity contribution in [1.29, 1.82) is 0 Å². The van der Waals surface area contributed by atoms with Crippen LogP contribution in [0, 0.1) is 0 Å². The molecule has 1 aromatic heterocycles. The average molecular weight is 440 g/mol. The third-order valence-corrected chi connectivity index (χ3v) is 5.09. The van der Waals surface area contributed by atoms with Gasteiger partial charge in [-0.2, -0.15) is 0 Å². The number of rotatable bonds is 8. The fourth-order valence-corrected chi connectivity index (χ4v) is 3.59. The second kappa shape index (κ2) is 10.5. The molecule has 2 N–H and O–H groups in total. The summed E-state index contributed by atoms with van der Waals surface area (Å²) in [4.78, 5) is 66.7. The van der Waals surface area contributed by atoms with Crippen molar-refractivity contribution in [2.24, 2.45) is 0 Å². The summed E-state index contributed by atoms with van der Waals surface area (Å²) in [5.41, 5.74) is 1.04. The largest absolute Gasteiger partial charge is 0.465 e. The third-order valence-electron chi connectivity index (χ3n) is 5.09. The quantitative estimate of drug-likeness (QED) is 0.442. The van der Waals surface area contributed by atoms with E-state index in [0.29, 0.717) is 35.9 Å². The molecule has 32 heavy (non-hydrogen) atoms. The lowest BCUT2D eigenvalue weighted by Gasteiger charge is -2.23. The van der Waals surface area contributed by atoms with Crippen molar-refractivity contribution in [3.8, 4) is 0 Å². The Kier molecular flexibility index (Phi) is 7.48. The maximum atomic E-state index is 12.7. The first kappa shape index (κ1) is 22.9. The number of esters is 1. The molecule has 2 aromatic rings. The zero-order valence-corrected chi connectivity index (χ0v) is 17.6. The van der Waals surface area contributed by atoms with Gasteiger partial charge in [-0.15, -0.1) is 0 Å². The Morgan fingerprint density at radius 1 is 1.09 bits per heavy atom. The molecule has 0 unspecified atom stereocenters. The van der Waals surface area contributed by atoms with Crippen LogP contribution in [0.4, 0.5) is 0 Å². The van der Waals surface area contributed by atoms with Gasteiger partial charge in [0.25, 0.3) is 11.8 Å². The number of pyridine rings is 1. The molecule has 10 nitrogen and oxygen atoms in total. The Labute approximate surface area is 184 Å². The minimum absolute atomic E-state index is 0.161. The highest BCUT2D eigenvalue weighted by molar-refractivity contribution is 6.38. The van der Waals surface area contributed by atoms with Crippen LogP contribution in [0.1, 0.15) is 30.1 Å². The number of para-hydroxylation sites is 1. The minimum atomic E-state index is -0.949. The standard InChI is InChI=1S/C22H24N4O6/c1-2-32-19(28)13-25-22(31)20(29)17-8-5-11-26(17)18(27)12-24-21(30)15-9-10-23-16-7-4-3-6-14(15)16/h3-4,6-7,9-10,17H,2,5,8,11-13H2,1H3,(H,24,30)(H,25,31)/t17-/m0/s1. The highest BCUT2D eigenvalue weighted by Crippen LogP contribution is 2.19. The number of fused-ring (bicyclic) bond motifs is 1. The topological polar surface area (TPSA) is 135 Å². The number of carbonyl (C=O) groups is 5. The molecule has 1 aromatic carbocycles. The van der Waals surface area contributed by atoms with Gasteiger partial charge in [0.1, 0.15) is 12.6 Å². The maximum Gasteiger partial charge on any atom is 0.325 e. The molecule has 3 rings (SSSR count). The summed E-state index contributed by atoms with van der Waals surface area (Å²) < 4.78 is 4.70. The summed E-state index contributed by atoms with van der Waals surface area (Å²) in [6.45, 7) is 1.35. The van der Waals surface area contributed by atoms with Gasteiger partial charge < -0.3 is 20.3 Å². The molecular formula is C22H24N4O6. The number of ether oxygens (including phenoxy) is 1. The monoisotopic (exact) mass is 440 g/mol. The van der Waals surface area contributed by atoms with Crippen LogP contribution in [0.3, 0.4) is 0 Å². The van der Waals surface area contributed by atoms with Crippen LogP contribution in [0.5, 0.6) is 0 Å². The van der Waals surface area contributed by atoms with E-state index in [0.717, 1.165) is 0 Å². The molecule has 0 spiro atoms. The number of Topliss-reactive ketones (excluding diaryl/α,β-unsaturated/α-hetero) is 1. The molecule has 0 bridgehead atoms. The van der Waals surface area contributed by atoms with Crippen molar-refractivity contribution in [2.45, 2.75) is 25.8 Å². The molecule has 1 fully saturated rings. The number of ketones is 1. The number of carbonyl (C=O) groups excluding carboxylic acids is 5. The van der Waals surface area contributed by atoms with Gasteiger partial charge in [0.15, 0.2) is 0 Å². The lowest BCUT2D eigenvalue weighted by atomic mass is 10.1. The van der Waals surface area contributed by atoms with Gasteiger partial charge in [0.05, 0.1) is 24.2 Å². The Hall–Kier alpha value is -3.82. The van der Waals surface area contributed by atoms with Gasteiger partial charge in [-0.1, -0.05) is 18.2 Å². The Morgan fingerprint density at radius 3 is 2.66 bits per heavy atom. The molecule has 0 radical (unpaired) electrons. The van der Waals surface area contributed by atoms with Crippen molar-refractivity contribution in [3.63, 3.8) is 0 Å². The lowest BCUT2D eigenvalue weighted by Crippen LogP contribution is -2.50. The molecular weight excluding hydrogens is 416 g/mol. The summed E-state index contributed by atoms with van der Waals surface area (Å²) in [5, 5.41) is 5.45. The Bertz CT molecular complexity index is 1050. The number of aromatic nitrogens is 1. The Balaban J connectivity index is 1.58. The van der Waals surface area contributed by atoms with E-state index >= 15 is 0 Å². The van der Waals surface area contributed by atoms with Gasteiger partial charge in [0, 0.05) is 18.1 Å². The van der Waals surface area contributed by atoms with E-state index in [-0.39, 0.29) is 13.2 Å². The zero-order chi connectivity index (χ0) is 23.1. The van der Waals surface area contributed by atoms with E-state index < -0.39 is 42.1 Å². The summed E-state index contributed by atoms with van der Waals surface area (Å²) in [7, 11) is 0. The zero-order valence-electron chi connectivity index (χ0n) is 17.6. The van der Waals surface area contributed by atoms with E-state index in [1.165, 1.54) is 11.1 Å². The van der Waals surface area contributed by atoms with E-state index in [9.17, 15) is 24.0 Å². The predicted octanol–water partition coefficient (Wildman–Crippen LogP) is 0.204. The molecule has 1 saturated heterocycles. The van der Waals surface area contributed by atoms with E-state index in [2.05, 4.69) is 15.6 Å². The fraction of sp³-hybridized carbons (Fsp3) is 0.364. The van der Waals surface area contributed by atoms with Crippen molar-refractivity contribution in [3.05, 3.63) is 42.1 Å². The number of nitrogens with zero attached hydrogens (tertiary/aromatic N) is 2. The lowest BCUT2D eigenvalue weighted by molar-refractivity contribution is -0.147. The number of likely N-dealkylation sites (tertiary alicyclic amines) is 1.